The largest absolute Gasteiger partial charge is 0.299 e. The van der Waals surface area contributed by atoms with E-state index in [9.17, 15) is 0 Å². The molecule has 0 spiro atoms. The van der Waals surface area contributed by atoms with Crippen LogP contribution in [0.15, 0.2) is 10.5 Å². The Kier molecular flexibility index (Phi) is 5.38. The Bertz CT molecular complexity index is 331. The summed E-state index contributed by atoms with van der Waals surface area (Å²) < 4.78 is 1.19. The number of rotatable bonds is 5. The molecule has 0 amide bonds. The van der Waals surface area contributed by atoms with E-state index in [0.29, 0.717) is 0 Å². The molecule has 0 bridgehead atoms. The molecule has 0 aliphatic rings. The third kappa shape index (κ3) is 3.98. The fraction of sp³-hybridized carbons (Fsp3) is 0.500. The van der Waals surface area contributed by atoms with Crippen LogP contribution in [0.5, 0.6) is 0 Å². The van der Waals surface area contributed by atoms with E-state index in [2.05, 4.69) is 47.1 Å². The number of terminal acetylenes is 1. The summed E-state index contributed by atoms with van der Waals surface area (Å²) in [4.78, 5) is 2.65. The molecule has 15 heavy (non-hydrogen) atoms. The molecule has 0 radical (unpaired) electrons. The Balaban J connectivity index is 2.46. The van der Waals surface area contributed by atoms with Crippen molar-refractivity contribution in [3.63, 3.8) is 0 Å². The summed E-state index contributed by atoms with van der Waals surface area (Å²) in [6.45, 7) is 5.13. The number of hydrogen-bond donors (Lipinski definition) is 1. The van der Waals surface area contributed by atoms with Crippen LogP contribution in [0.4, 0.5) is 0 Å². The van der Waals surface area contributed by atoms with Crippen LogP contribution in [-0.4, -0.2) is 6.04 Å². The SMILES string of the molecule is C#CC(CCC)NCc1cc(Br)c(C)s1. The zero-order valence-electron chi connectivity index (χ0n) is 9.14. The Labute approximate surface area is 104 Å². The molecule has 0 saturated heterocycles. The van der Waals surface area contributed by atoms with E-state index in [1.54, 1.807) is 11.3 Å². The number of hydrogen-bond acceptors (Lipinski definition) is 2. The van der Waals surface area contributed by atoms with E-state index >= 15 is 0 Å². The van der Waals surface area contributed by atoms with Crippen LogP contribution in [-0.2, 0) is 6.54 Å². The lowest BCUT2D eigenvalue weighted by atomic mass is 10.2. The monoisotopic (exact) mass is 285 g/mol. The molecule has 0 aromatic carbocycles. The maximum absolute atomic E-state index is 5.44. The first-order valence-electron chi connectivity index (χ1n) is 5.11. The molecule has 1 nitrogen and oxygen atoms in total. The van der Waals surface area contributed by atoms with Crippen molar-refractivity contribution in [1.29, 1.82) is 0 Å². The van der Waals surface area contributed by atoms with Crippen LogP contribution in [0, 0.1) is 19.3 Å². The predicted molar refractivity (Wildman–Crippen MR) is 71.1 cm³/mol. The summed E-state index contributed by atoms with van der Waals surface area (Å²) in [6.07, 6.45) is 7.60. The third-order valence-corrected chi connectivity index (χ3v) is 4.35. The van der Waals surface area contributed by atoms with E-state index in [4.69, 9.17) is 6.42 Å². The van der Waals surface area contributed by atoms with Gasteiger partial charge in [-0.05, 0) is 35.3 Å². The van der Waals surface area contributed by atoms with Crippen molar-refractivity contribution in [2.75, 3.05) is 0 Å². The number of nitrogens with one attached hydrogen (secondary N) is 1. The molecule has 0 aliphatic carbocycles. The molecule has 1 rings (SSSR count). The topological polar surface area (TPSA) is 12.0 Å². The average molecular weight is 286 g/mol. The maximum Gasteiger partial charge on any atom is 0.0689 e. The molecule has 3 heteroatoms. The van der Waals surface area contributed by atoms with Crippen molar-refractivity contribution in [3.8, 4) is 12.3 Å². The molecule has 1 aromatic heterocycles. The van der Waals surface area contributed by atoms with Gasteiger partial charge in [0.25, 0.3) is 0 Å². The van der Waals surface area contributed by atoms with Crippen LogP contribution in [0.3, 0.4) is 0 Å². The minimum Gasteiger partial charge on any atom is -0.299 e. The van der Waals surface area contributed by atoms with Gasteiger partial charge >= 0.3 is 0 Å². The molecule has 1 aromatic rings. The van der Waals surface area contributed by atoms with Crippen molar-refractivity contribution < 1.29 is 0 Å². The summed E-state index contributed by atoms with van der Waals surface area (Å²) in [5, 5.41) is 3.38. The highest BCUT2D eigenvalue weighted by molar-refractivity contribution is 9.10. The van der Waals surface area contributed by atoms with Crippen molar-refractivity contribution in [3.05, 3.63) is 20.3 Å². The van der Waals surface area contributed by atoms with Gasteiger partial charge in [-0.2, -0.15) is 0 Å². The first-order chi connectivity index (χ1) is 7.17. The van der Waals surface area contributed by atoms with Crippen molar-refractivity contribution in [2.24, 2.45) is 0 Å². The van der Waals surface area contributed by atoms with Gasteiger partial charge in [0.05, 0.1) is 6.04 Å². The molecule has 0 aliphatic heterocycles. The van der Waals surface area contributed by atoms with Gasteiger partial charge in [0.2, 0.25) is 0 Å². The highest BCUT2D eigenvalue weighted by atomic mass is 79.9. The van der Waals surface area contributed by atoms with E-state index in [-0.39, 0.29) is 6.04 Å². The molecule has 82 valence electrons. The smallest absolute Gasteiger partial charge is 0.0689 e. The average Bonchev–Trinajstić information content (AvgIpc) is 2.53. The van der Waals surface area contributed by atoms with Crippen molar-refractivity contribution in [2.45, 2.75) is 39.3 Å². The van der Waals surface area contributed by atoms with E-state index in [1.165, 1.54) is 14.2 Å². The lowest BCUT2D eigenvalue weighted by Crippen LogP contribution is -2.26. The fourth-order valence-corrected chi connectivity index (χ4v) is 2.91. The lowest BCUT2D eigenvalue weighted by molar-refractivity contribution is 0.566. The van der Waals surface area contributed by atoms with Gasteiger partial charge in [-0.3, -0.25) is 5.32 Å². The Morgan fingerprint density at radius 1 is 1.67 bits per heavy atom. The minimum absolute atomic E-state index is 0.205. The quantitative estimate of drug-likeness (QED) is 0.814. The standard InChI is InChI=1S/C12H16BrNS/c1-4-6-10(5-2)14-8-11-7-12(13)9(3)15-11/h2,7,10,14H,4,6,8H2,1,3H3. The van der Waals surface area contributed by atoms with Crippen LogP contribution >= 0.6 is 27.3 Å². The number of thiophene rings is 1. The van der Waals surface area contributed by atoms with Gasteiger partial charge in [0, 0.05) is 20.8 Å². The van der Waals surface area contributed by atoms with Gasteiger partial charge in [0.1, 0.15) is 0 Å². The molecule has 1 unspecified atom stereocenters. The summed E-state index contributed by atoms with van der Waals surface area (Å²) in [6, 6.07) is 2.36. The molecule has 0 saturated carbocycles. The molecule has 1 atom stereocenters. The normalized spacial score (nSPS) is 12.4. The third-order valence-electron chi connectivity index (χ3n) is 2.21. The van der Waals surface area contributed by atoms with Gasteiger partial charge < -0.3 is 0 Å². The lowest BCUT2D eigenvalue weighted by Gasteiger charge is -2.10. The number of aryl methyl sites for hydroxylation is 1. The van der Waals surface area contributed by atoms with Crippen LogP contribution in [0.2, 0.25) is 0 Å². The molecular formula is C12H16BrNS. The fourth-order valence-electron chi connectivity index (χ4n) is 1.36. The van der Waals surface area contributed by atoms with E-state index < -0.39 is 0 Å². The number of halogens is 1. The van der Waals surface area contributed by atoms with E-state index in [1.807, 2.05) is 0 Å². The zero-order valence-corrected chi connectivity index (χ0v) is 11.5. The molecule has 0 fully saturated rings. The summed E-state index contributed by atoms with van der Waals surface area (Å²) in [5.74, 6) is 2.78. The summed E-state index contributed by atoms with van der Waals surface area (Å²) >= 11 is 5.32. The first-order valence-corrected chi connectivity index (χ1v) is 6.72. The second-order valence-corrected chi connectivity index (χ2v) is 5.70. The van der Waals surface area contributed by atoms with Gasteiger partial charge in [-0.25, -0.2) is 0 Å². The van der Waals surface area contributed by atoms with Gasteiger partial charge in [0.15, 0.2) is 0 Å². The highest BCUT2D eigenvalue weighted by Crippen LogP contribution is 2.26. The van der Waals surface area contributed by atoms with Crippen LogP contribution in [0.1, 0.15) is 29.5 Å². The predicted octanol–water partition coefficient (Wildman–Crippen LogP) is 3.71. The highest BCUT2D eigenvalue weighted by Gasteiger charge is 2.05. The van der Waals surface area contributed by atoms with Crippen LogP contribution < -0.4 is 5.32 Å². The van der Waals surface area contributed by atoms with Crippen LogP contribution in [0.25, 0.3) is 0 Å². The molecule has 1 heterocycles. The zero-order chi connectivity index (χ0) is 11.3. The Hall–Kier alpha value is -0.300. The van der Waals surface area contributed by atoms with Crippen molar-refractivity contribution >= 4 is 27.3 Å². The second-order valence-electron chi connectivity index (χ2n) is 3.51. The Morgan fingerprint density at radius 3 is 2.87 bits per heavy atom. The molecule has 1 N–H and O–H groups in total. The maximum atomic E-state index is 5.44. The van der Waals surface area contributed by atoms with Gasteiger partial charge in [-0.15, -0.1) is 17.8 Å². The van der Waals surface area contributed by atoms with Gasteiger partial charge in [-0.1, -0.05) is 19.3 Å². The minimum atomic E-state index is 0.205. The van der Waals surface area contributed by atoms with E-state index in [0.717, 1.165) is 19.4 Å². The summed E-state index contributed by atoms with van der Waals surface area (Å²) in [7, 11) is 0. The molecular weight excluding hydrogens is 270 g/mol. The summed E-state index contributed by atoms with van der Waals surface area (Å²) in [5.41, 5.74) is 0. The van der Waals surface area contributed by atoms with Crippen molar-refractivity contribution in [1.82, 2.24) is 5.32 Å². The second kappa shape index (κ2) is 6.32. The Morgan fingerprint density at radius 2 is 2.40 bits per heavy atom. The first kappa shape index (κ1) is 12.8.